The summed E-state index contributed by atoms with van der Waals surface area (Å²) in [4.78, 5) is 59.3. The maximum absolute atomic E-state index is 14.4. The molecule has 0 bridgehead atoms. The molecule has 1 N–H and O–H groups in total. The first-order valence-electron chi connectivity index (χ1n) is 18.4. The number of fused-ring (bicyclic) bond motifs is 2. The van der Waals surface area contributed by atoms with E-state index in [0.717, 1.165) is 46.7 Å². The second-order valence-electron chi connectivity index (χ2n) is 13.6. The molecule has 0 aromatic heterocycles. The van der Waals surface area contributed by atoms with Crippen molar-refractivity contribution in [2.45, 2.75) is 90.0 Å². The smallest absolute Gasteiger partial charge is 0.319 e. The van der Waals surface area contributed by atoms with E-state index >= 15 is 0 Å². The maximum atomic E-state index is 14.4. The van der Waals surface area contributed by atoms with E-state index in [0.29, 0.717) is 25.3 Å². The molecule has 2 heterocycles. The summed E-state index contributed by atoms with van der Waals surface area (Å²) >= 11 is 0. The summed E-state index contributed by atoms with van der Waals surface area (Å²) in [5.41, 5.74) is 2.80. The largest absolute Gasteiger partial charge is 0.427 e. The average molecular weight is 689 g/mol. The number of hydrogen-bond acceptors (Lipinski definition) is 5. The molecule has 51 heavy (non-hydrogen) atoms. The topological polar surface area (TPSA) is 99.3 Å². The van der Waals surface area contributed by atoms with Gasteiger partial charge in [0, 0.05) is 38.9 Å². The molecule has 0 spiro atoms. The fourth-order valence-corrected chi connectivity index (χ4v) is 7.22. The molecule has 6 rings (SSSR count). The van der Waals surface area contributed by atoms with Gasteiger partial charge in [-0.05, 0) is 46.0 Å². The van der Waals surface area contributed by atoms with Gasteiger partial charge in [0.15, 0.2) is 0 Å². The number of ether oxygens (including phenoxy) is 1. The van der Waals surface area contributed by atoms with Crippen LogP contribution in [0, 0.1) is 0 Å². The Balaban J connectivity index is 1.20. The van der Waals surface area contributed by atoms with Gasteiger partial charge in [0.2, 0.25) is 11.8 Å². The third-order valence-electron chi connectivity index (χ3n) is 9.96. The minimum atomic E-state index is -0.808. The lowest BCUT2D eigenvalue weighted by Crippen LogP contribution is -2.72. The zero-order chi connectivity index (χ0) is 35.6. The lowest BCUT2D eigenvalue weighted by atomic mass is 9.96. The van der Waals surface area contributed by atoms with Crippen molar-refractivity contribution in [2.75, 3.05) is 13.1 Å². The minimum absolute atomic E-state index is 0.135. The zero-order valence-electron chi connectivity index (χ0n) is 29.5. The molecule has 0 radical (unpaired) electrons. The molecule has 9 nitrogen and oxygen atoms in total. The number of rotatable bonds is 14. The molecule has 2 saturated heterocycles. The highest BCUT2D eigenvalue weighted by atomic mass is 16.5. The van der Waals surface area contributed by atoms with Gasteiger partial charge in [0.1, 0.15) is 18.0 Å². The number of esters is 1. The number of urea groups is 1. The van der Waals surface area contributed by atoms with Crippen LogP contribution < -0.4 is 10.1 Å². The predicted molar refractivity (Wildman–Crippen MR) is 198 cm³/mol. The summed E-state index contributed by atoms with van der Waals surface area (Å²) in [5.74, 6) is -0.100. The average Bonchev–Trinajstić information content (AvgIpc) is 3.15. The monoisotopic (exact) mass is 688 g/mol. The van der Waals surface area contributed by atoms with Crippen molar-refractivity contribution < 1.29 is 23.9 Å². The van der Waals surface area contributed by atoms with E-state index < -0.39 is 12.2 Å². The molecular formula is C42H48N4O5. The van der Waals surface area contributed by atoms with Gasteiger partial charge in [-0.1, -0.05) is 124 Å². The van der Waals surface area contributed by atoms with E-state index in [1.54, 1.807) is 26.8 Å². The van der Waals surface area contributed by atoms with Crippen LogP contribution in [0.25, 0.3) is 10.8 Å². The number of piperazine rings is 1. The fraction of sp³-hybridized carbons (Fsp3) is 0.381. The summed E-state index contributed by atoms with van der Waals surface area (Å²) in [5, 5.41) is 5.17. The third kappa shape index (κ3) is 8.95. The highest BCUT2D eigenvalue weighted by molar-refractivity contribution is 5.92. The predicted octanol–water partition coefficient (Wildman–Crippen LogP) is 7.22. The Morgan fingerprint density at radius 3 is 2.33 bits per heavy atom. The second kappa shape index (κ2) is 17.2. The maximum Gasteiger partial charge on any atom is 0.319 e. The molecule has 4 aromatic rings. The van der Waals surface area contributed by atoms with E-state index in [1.165, 1.54) is 19.3 Å². The van der Waals surface area contributed by atoms with Gasteiger partial charge in [0.25, 0.3) is 0 Å². The lowest BCUT2D eigenvalue weighted by molar-refractivity contribution is -0.167. The molecule has 2 atom stereocenters. The van der Waals surface area contributed by atoms with Gasteiger partial charge in [-0.25, -0.2) is 4.79 Å². The van der Waals surface area contributed by atoms with Gasteiger partial charge < -0.3 is 24.8 Å². The van der Waals surface area contributed by atoms with Gasteiger partial charge in [-0.3, -0.25) is 14.4 Å². The number of nitrogens with zero attached hydrogens (tertiary/aromatic N) is 3. The number of hydrogen-bond donors (Lipinski definition) is 1. The number of carbonyl (C=O) groups is 4. The van der Waals surface area contributed by atoms with Crippen molar-refractivity contribution in [3.63, 3.8) is 0 Å². The minimum Gasteiger partial charge on any atom is -0.427 e. The van der Waals surface area contributed by atoms with E-state index in [1.807, 2.05) is 66.7 Å². The normalized spacial score (nSPS) is 17.4. The summed E-state index contributed by atoms with van der Waals surface area (Å²) in [6.07, 6.45) is 6.72. The van der Waals surface area contributed by atoms with Crippen LogP contribution in [0.15, 0.2) is 97.1 Å². The first-order valence-corrected chi connectivity index (χ1v) is 18.4. The van der Waals surface area contributed by atoms with Crippen LogP contribution in [0.2, 0.25) is 0 Å². The Bertz CT molecular complexity index is 1810. The number of carbonyl (C=O) groups excluding carboxylic acids is 4. The molecule has 9 heteroatoms. The number of unbranched alkanes of at least 4 members (excludes halogenated alkanes) is 5. The summed E-state index contributed by atoms with van der Waals surface area (Å²) < 4.78 is 5.60. The Hall–Kier alpha value is -5.18. The number of benzene rings is 4. The van der Waals surface area contributed by atoms with Crippen molar-refractivity contribution in [3.8, 4) is 5.75 Å². The molecule has 266 valence electrons. The van der Waals surface area contributed by atoms with Gasteiger partial charge in [0.05, 0.1) is 6.54 Å². The molecule has 2 fully saturated rings. The SMILES string of the molecule is CCCCCCCCC(=O)Oc1ccc(C[C@H]2C(=O)N(Cc3cccc4ccccc34)C[C@@H]3N(C(=O)NCc4ccccc4)CCC(=O)N32)cc1. The van der Waals surface area contributed by atoms with Crippen LogP contribution in [0.5, 0.6) is 5.75 Å². The van der Waals surface area contributed by atoms with Crippen LogP contribution in [-0.2, 0) is 33.9 Å². The Morgan fingerprint density at radius 1 is 0.804 bits per heavy atom. The summed E-state index contributed by atoms with van der Waals surface area (Å²) in [6.45, 7) is 3.36. The number of amides is 4. The standard InChI is InChI=1S/C42H48N4O5/c1-2-3-4-5-6-10-20-40(48)51-35-23-21-31(22-24-35)27-37-41(49)44(29-34-18-13-17-33-16-11-12-19-36(33)34)30-38-45(26-25-39(47)46(37)38)42(50)43-28-32-14-8-7-9-15-32/h7-9,11-19,21-24,37-38H,2-6,10,20,25-30H2,1H3,(H,43,50)/t37-,38+/m0/s1. The summed E-state index contributed by atoms with van der Waals surface area (Å²) in [6, 6.07) is 30.0. The first kappa shape index (κ1) is 35.6. The van der Waals surface area contributed by atoms with Gasteiger partial charge in [-0.15, -0.1) is 0 Å². The Morgan fingerprint density at radius 2 is 1.53 bits per heavy atom. The highest BCUT2D eigenvalue weighted by Crippen LogP contribution is 2.30. The van der Waals surface area contributed by atoms with Gasteiger partial charge >= 0.3 is 12.0 Å². The van der Waals surface area contributed by atoms with Crippen molar-refractivity contribution in [2.24, 2.45) is 0 Å². The molecular weight excluding hydrogens is 640 g/mol. The van der Waals surface area contributed by atoms with Crippen LogP contribution in [0.3, 0.4) is 0 Å². The van der Waals surface area contributed by atoms with Crippen LogP contribution >= 0.6 is 0 Å². The Kier molecular flexibility index (Phi) is 12.0. The highest BCUT2D eigenvalue weighted by Gasteiger charge is 2.48. The van der Waals surface area contributed by atoms with Crippen molar-refractivity contribution >= 4 is 34.6 Å². The molecule has 0 unspecified atom stereocenters. The van der Waals surface area contributed by atoms with Gasteiger partial charge in [-0.2, -0.15) is 0 Å². The van der Waals surface area contributed by atoms with E-state index in [9.17, 15) is 19.2 Å². The quantitative estimate of drug-likeness (QED) is 0.0857. The molecule has 0 saturated carbocycles. The lowest BCUT2D eigenvalue weighted by Gasteiger charge is -2.52. The van der Waals surface area contributed by atoms with Crippen molar-refractivity contribution in [1.29, 1.82) is 0 Å². The van der Waals surface area contributed by atoms with E-state index in [-0.39, 0.29) is 49.7 Å². The zero-order valence-corrected chi connectivity index (χ0v) is 29.5. The molecule has 4 amide bonds. The second-order valence-corrected chi connectivity index (χ2v) is 13.6. The third-order valence-corrected chi connectivity index (χ3v) is 9.96. The van der Waals surface area contributed by atoms with E-state index in [4.69, 9.17) is 4.74 Å². The number of nitrogens with one attached hydrogen (secondary N) is 1. The van der Waals surface area contributed by atoms with Crippen LogP contribution in [0.4, 0.5) is 4.79 Å². The van der Waals surface area contributed by atoms with Crippen molar-refractivity contribution in [3.05, 3.63) is 114 Å². The van der Waals surface area contributed by atoms with E-state index in [2.05, 4.69) is 30.4 Å². The fourth-order valence-electron chi connectivity index (χ4n) is 7.22. The Labute approximate surface area is 300 Å². The molecule has 4 aromatic carbocycles. The molecule has 2 aliphatic rings. The van der Waals surface area contributed by atoms with Crippen LogP contribution in [-0.4, -0.2) is 63.8 Å². The first-order chi connectivity index (χ1) is 24.9. The van der Waals surface area contributed by atoms with Crippen molar-refractivity contribution in [1.82, 2.24) is 20.0 Å². The van der Waals surface area contributed by atoms with Crippen LogP contribution in [0.1, 0.15) is 75.0 Å². The molecule has 0 aliphatic carbocycles. The summed E-state index contributed by atoms with van der Waals surface area (Å²) in [7, 11) is 0. The molecule has 2 aliphatic heterocycles.